The standard InChI is InChI=1S/C13H12I2N2O3/c1-12(14,13-15(16-13)17-13)11(19)20-10-4-2-3-7-5-8(18)6-9(7)10/h2-4,16-17H,5-6H2,1H3. The monoisotopic (exact) mass is 498 g/mol. The molecular formula is C13H12I2N2O3. The predicted molar refractivity (Wildman–Crippen MR) is 89.9 cm³/mol. The molecule has 0 spiro atoms. The van der Waals surface area contributed by atoms with Crippen LogP contribution in [0.1, 0.15) is 18.1 Å². The van der Waals surface area contributed by atoms with E-state index in [1.54, 1.807) is 6.07 Å². The molecule has 2 saturated heterocycles. The number of halogens is 2. The number of fused-ring (bicyclic) bond motifs is 2. The third kappa shape index (κ3) is 1.79. The van der Waals surface area contributed by atoms with Crippen LogP contribution in [0.5, 0.6) is 5.75 Å². The topological polar surface area (TPSA) is 87.2 Å². The van der Waals surface area contributed by atoms with Crippen LogP contribution in [0.4, 0.5) is 0 Å². The number of ether oxygens (including phenoxy) is 1. The average molecular weight is 498 g/mol. The van der Waals surface area contributed by atoms with Crippen LogP contribution in [0.2, 0.25) is 0 Å². The number of carbonyl (C=O) groups is 2. The fourth-order valence-corrected chi connectivity index (χ4v) is 10.2. The first-order valence-corrected chi connectivity index (χ1v) is 10.5. The van der Waals surface area contributed by atoms with Gasteiger partial charge in [0.2, 0.25) is 0 Å². The van der Waals surface area contributed by atoms with Crippen LogP contribution in [0.3, 0.4) is 0 Å². The minimum absolute atomic E-state index is 0.137. The number of esters is 1. The van der Waals surface area contributed by atoms with E-state index in [0.29, 0.717) is 18.6 Å². The fourth-order valence-electron chi connectivity index (χ4n) is 2.46. The summed E-state index contributed by atoms with van der Waals surface area (Å²) >= 11 is 0.965. The summed E-state index contributed by atoms with van der Waals surface area (Å²) in [6.45, 7) is 1.90. The molecule has 0 bridgehead atoms. The molecule has 0 radical (unpaired) electrons. The Morgan fingerprint density at radius 2 is 2.15 bits per heavy atom. The van der Waals surface area contributed by atoms with E-state index < -0.39 is 23.8 Å². The van der Waals surface area contributed by atoms with Crippen molar-refractivity contribution in [2.45, 2.75) is 26.9 Å². The number of Topliss-reactive ketones (excluding diaryl/α,β-unsaturated/α-hetero) is 1. The van der Waals surface area contributed by atoms with Crippen molar-refractivity contribution in [1.29, 1.82) is 0 Å². The van der Waals surface area contributed by atoms with Crippen LogP contribution in [0, 0.1) is 0 Å². The average Bonchev–Trinajstić information content (AvgIpc) is 3.19. The van der Waals surface area contributed by atoms with Crippen molar-refractivity contribution in [3.63, 3.8) is 0 Å². The van der Waals surface area contributed by atoms with Crippen molar-refractivity contribution in [2.75, 3.05) is 0 Å². The van der Waals surface area contributed by atoms with E-state index in [0.717, 1.165) is 11.1 Å². The zero-order chi connectivity index (χ0) is 14.1. The van der Waals surface area contributed by atoms with E-state index in [1.165, 1.54) is 0 Å². The van der Waals surface area contributed by atoms with E-state index in [9.17, 15) is 9.59 Å². The van der Waals surface area contributed by atoms with Gasteiger partial charge in [-0.1, -0.05) is 0 Å². The first kappa shape index (κ1) is 13.4. The van der Waals surface area contributed by atoms with Gasteiger partial charge in [0.15, 0.2) is 0 Å². The van der Waals surface area contributed by atoms with E-state index in [2.05, 4.69) is 29.7 Å². The number of carbonyl (C=O) groups excluding carboxylic acids is 2. The van der Waals surface area contributed by atoms with Crippen LogP contribution in [0.25, 0.3) is 0 Å². The second kappa shape index (κ2) is 4.14. The molecule has 1 aromatic carbocycles. The van der Waals surface area contributed by atoms with E-state index in [-0.39, 0.29) is 15.4 Å². The molecule has 2 heterocycles. The zero-order valence-electron chi connectivity index (χ0n) is 10.6. The summed E-state index contributed by atoms with van der Waals surface area (Å²) in [6.07, 6.45) is 0.821. The third-order valence-electron chi connectivity index (χ3n) is 3.89. The quantitative estimate of drug-likeness (QED) is 0.126. The van der Waals surface area contributed by atoms with Crippen molar-refractivity contribution >= 4 is 54.7 Å². The van der Waals surface area contributed by atoms with Crippen molar-refractivity contribution in [3.05, 3.63) is 29.3 Å². The minimum atomic E-state index is -1.20. The van der Waals surface area contributed by atoms with Gasteiger partial charge in [0.05, 0.1) is 0 Å². The molecule has 5 nitrogen and oxygen atoms in total. The van der Waals surface area contributed by atoms with Gasteiger partial charge >= 0.3 is 138 Å². The number of rotatable bonds is 3. The number of nitrogens with one attached hydrogen (secondary N) is 2. The summed E-state index contributed by atoms with van der Waals surface area (Å²) in [5, 5.41) is 0. The van der Waals surface area contributed by atoms with Gasteiger partial charge in [-0.3, -0.25) is 0 Å². The third-order valence-corrected chi connectivity index (χ3v) is 11.0. The molecule has 1 aliphatic carbocycles. The van der Waals surface area contributed by atoms with E-state index >= 15 is 0 Å². The number of hydrogen-bond donors (Lipinski definition) is 2. The molecule has 20 heavy (non-hydrogen) atoms. The van der Waals surface area contributed by atoms with Crippen LogP contribution in [-0.4, -0.2) is 18.8 Å². The first-order chi connectivity index (χ1) is 9.44. The van der Waals surface area contributed by atoms with Gasteiger partial charge in [0, 0.05) is 0 Å². The molecule has 0 amide bonds. The Balaban J connectivity index is 1.60. The van der Waals surface area contributed by atoms with Crippen LogP contribution < -0.4 is 11.8 Å². The van der Waals surface area contributed by atoms with E-state index in [1.807, 2.05) is 19.1 Å². The SMILES string of the molecule is CC(I)(C(=O)Oc1cccc2c1CC(=O)C2)C12NI1N2. The van der Waals surface area contributed by atoms with Crippen molar-refractivity contribution in [2.24, 2.45) is 0 Å². The summed E-state index contributed by atoms with van der Waals surface area (Å²) in [7, 11) is 0. The molecule has 2 aliphatic heterocycles. The van der Waals surface area contributed by atoms with Gasteiger partial charge < -0.3 is 0 Å². The molecule has 2 N–H and O–H groups in total. The van der Waals surface area contributed by atoms with Crippen molar-refractivity contribution in [1.82, 2.24) is 7.06 Å². The van der Waals surface area contributed by atoms with Crippen LogP contribution >= 0.6 is 43.0 Å². The zero-order valence-corrected chi connectivity index (χ0v) is 14.9. The molecule has 1 aromatic rings. The summed E-state index contributed by atoms with van der Waals surface area (Å²) < 4.78 is 11.6. The van der Waals surface area contributed by atoms with Gasteiger partial charge in [-0.25, -0.2) is 0 Å². The normalized spacial score (nSPS) is 25.5. The molecule has 1 unspecified atom stereocenters. The number of ketones is 1. The van der Waals surface area contributed by atoms with Gasteiger partial charge in [0.25, 0.3) is 0 Å². The summed E-state index contributed by atoms with van der Waals surface area (Å²) in [6, 6.07) is 5.54. The second-order valence-electron chi connectivity index (χ2n) is 5.31. The maximum atomic E-state index is 12.5. The van der Waals surface area contributed by atoms with Crippen LogP contribution in [0.15, 0.2) is 18.2 Å². The van der Waals surface area contributed by atoms with Gasteiger partial charge in [-0.15, -0.1) is 0 Å². The fraction of sp³-hybridized carbons (Fsp3) is 0.385. The molecule has 106 valence electrons. The van der Waals surface area contributed by atoms with Gasteiger partial charge in [0.1, 0.15) is 0 Å². The molecule has 7 heteroatoms. The molecule has 1 atom stereocenters. The number of hydrogen-bond acceptors (Lipinski definition) is 5. The van der Waals surface area contributed by atoms with Crippen LogP contribution in [-0.2, 0) is 22.4 Å². The maximum absolute atomic E-state index is 12.5. The molecule has 2 fully saturated rings. The Bertz CT molecular complexity index is 653. The molecular weight excluding hydrogens is 486 g/mol. The first-order valence-electron chi connectivity index (χ1n) is 6.23. The number of benzene rings is 1. The van der Waals surface area contributed by atoms with Crippen molar-refractivity contribution < 1.29 is 14.3 Å². The summed E-state index contributed by atoms with van der Waals surface area (Å²) in [5.74, 6) is 0.475. The van der Waals surface area contributed by atoms with Gasteiger partial charge in [-0.2, -0.15) is 0 Å². The molecule has 0 aromatic heterocycles. The second-order valence-corrected chi connectivity index (χ2v) is 11.8. The molecule has 0 saturated carbocycles. The Morgan fingerprint density at radius 3 is 2.80 bits per heavy atom. The Labute approximate surface area is 137 Å². The Morgan fingerprint density at radius 1 is 1.45 bits per heavy atom. The Hall–Kier alpha value is -0.260. The predicted octanol–water partition coefficient (Wildman–Crippen LogP) is 1.65. The van der Waals surface area contributed by atoms with Gasteiger partial charge in [-0.05, 0) is 0 Å². The number of alkyl halides is 2. The Kier molecular flexibility index (Phi) is 2.78. The molecule has 4 rings (SSSR count). The molecule has 3 aliphatic rings. The van der Waals surface area contributed by atoms with Crippen molar-refractivity contribution in [3.8, 4) is 5.75 Å². The van der Waals surface area contributed by atoms with E-state index in [4.69, 9.17) is 4.74 Å². The summed E-state index contributed by atoms with van der Waals surface area (Å²) in [4.78, 5) is 24.0. The summed E-state index contributed by atoms with van der Waals surface area (Å²) in [5.41, 5.74) is 1.86.